The average molecular weight is 284 g/mol. The predicted molar refractivity (Wildman–Crippen MR) is 84.3 cm³/mol. The number of hydrogen-bond acceptors (Lipinski definition) is 3. The predicted octanol–water partition coefficient (Wildman–Crippen LogP) is 2.80. The van der Waals surface area contributed by atoms with Crippen LogP contribution in [0.5, 0.6) is 0 Å². The Morgan fingerprint density at radius 1 is 1.10 bits per heavy atom. The van der Waals surface area contributed by atoms with Gasteiger partial charge in [0.05, 0.1) is 6.61 Å². The van der Waals surface area contributed by atoms with E-state index in [4.69, 9.17) is 4.74 Å². The van der Waals surface area contributed by atoms with Crippen LogP contribution in [0.2, 0.25) is 0 Å². The highest BCUT2D eigenvalue weighted by Crippen LogP contribution is 2.12. The molecule has 2 aromatic carbocycles. The number of ether oxygens (including phenoxy) is 1. The summed E-state index contributed by atoms with van der Waals surface area (Å²) in [7, 11) is 3.32. The lowest BCUT2D eigenvalue weighted by molar-refractivity contribution is 0.0963. The fourth-order valence-electron chi connectivity index (χ4n) is 2.08. The number of carbonyl (C=O) groups excluding carboxylic acids is 1. The van der Waals surface area contributed by atoms with Crippen LogP contribution in [0.3, 0.4) is 0 Å². The zero-order valence-corrected chi connectivity index (χ0v) is 12.3. The molecule has 0 aliphatic rings. The van der Waals surface area contributed by atoms with Gasteiger partial charge in [-0.2, -0.15) is 0 Å². The Hall–Kier alpha value is -2.33. The SMILES string of the molecule is CNC(=O)c1ccc(NCc2cccc(COC)c2)cc1. The fourth-order valence-corrected chi connectivity index (χ4v) is 2.08. The van der Waals surface area contributed by atoms with Gasteiger partial charge in [0.15, 0.2) is 0 Å². The summed E-state index contributed by atoms with van der Waals surface area (Å²) in [6, 6.07) is 15.7. The van der Waals surface area contributed by atoms with E-state index in [1.165, 1.54) is 5.56 Å². The molecule has 0 heterocycles. The van der Waals surface area contributed by atoms with Gasteiger partial charge in [0.1, 0.15) is 0 Å². The molecule has 1 amide bonds. The third-order valence-electron chi connectivity index (χ3n) is 3.17. The zero-order valence-electron chi connectivity index (χ0n) is 12.3. The van der Waals surface area contributed by atoms with Crippen LogP contribution in [-0.2, 0) is 17.9 Å². The highest BCUT2D eigenvalue weighted by molar-refractivity contribution is 5.94. The first kappa shape index (κ1) is 15.1. The molecule has 0 radical (unpaired) electrons. The summed E-state index contributed by atoms with van der Waals surface area (Å²) >= 11 is 0. The number of benzene rings is 2. The van der Waals surface area contributed by atoms with Gasteiger partial charge in [-0.1, -0.05) is 24.3 Å². The second-order valence-electron chi connectivity index (χ2n) is 4.76. The summed E-state index contributed by atoms with van der Waals surface area (Å²) in [5.41, 5.74) is 4.00. The minimum Gasteiger partial charge on any atom is -0.381 e. The molecule has 0 fully saturated rings. The molecule has 0 bridgehead atoms. The Labute approximate surface area is 125 Å². The first-order valence-electron chi connectivity index (χ1n) is 6.85. The molecule has 0 aromatic heterocycles. The van der Waals surface area contributed by atoms with Crippen molar-refractivity contribution in [3.05, 3.63) is 65.2 Å². The van der Waals surface area contributed by atoms with Crippen LogP contribution in [0.4, 0.5) is 5.69 Å². The molecule has 21 heavy (non-hydrogen) atoms. The molecular weight excluding hydrogens is 264 g/mol. The maximum Gasteiger partial charge on any atom is 0.251 e. The Balaban J connectivity index is 1.96. The van der Waals surface area contributed by atoms with E-state index in [1.807, 2.05) is 36.4 Å². The zero-order chi connectivity index (χ0) is 15.1. The lowest BCUT2D eigenvalue weighted by Crippen LogP contribution is -2.17. The van der Waals surface area contributed by atoms with Gasteiger partial charge >= 0.3 is 0 Å². The van der Waals surface area contributed by atoms with Gasteiger partial charge in [0, 0.05) is 32.0 Å². The highest BCUT2D eigenvalue weighted by atomic mass is 16.5. The van der Waals surface area contributed by atoms with Crippen molar-refractivity contribution in [2.75, 3.05) is 19.5 Å². The van der Waals surface area contributed by atoms with Gasteiger partial charge in [-0.3, -0.25) is 4.79 Å². The Morgan fingerprint density at radius 2 is 1.81 bits per heavy atom. The van der Waals surface area contributed by atoms with Crippen LogP contribution in [0.25, 0.3) is 0 Å². The largest absolute Gasteiger partial charge is 0.381 e. The molecule has 0 unspecified atom stereocenters. The van der Waals surface area contributed by atoms with Crippen LogP contribution in [0, 0.1) is 0 Å². The average Bonchev–Trinajstić information content (AvgIpc) is 2.53. The van der Waals surface area contributed by atoms with Crippen molar-refractivity contribution in [3.8, 4) is 0 Å². The van der Waals surface area contributed by atoms with Gasteiger partial charge in [-0.05, 0) is 35.4 Å². The van der Waals surface area contributed by atoms with E-state index in [1.54, 1.807) is 14.2 Å². The van der Waals surface area contributed by atoms with Crippen molar-refractivity contribution in [1.29, 1.82) is 0 Å². The molecule has 2 rings (SSSR count). The molecular formula is C17H20N2O2. The quantitative estimate of drug-likeness (QED) is 0.857. The van der Waals surface area contributed by atoms with Gasteiger partial charge in [-0.25, -0.2) is 0 Å². The number of anilines is 1. The summed E-state index contributed by atoms with van der Waals surface area (Å²) < 4.78 is 5.13. The molecule has 0 saturated heterocycles. The van der Waals surface area contributed by atoms with Crippen molar-refractivity contribution in [3.63, 3.8) is 0 Å². The summed E-state index contributed by atoms with van der Waals surface area (Å²) in [5, 5.41) is 5.95. The molecule has 0 aliphatic carbocycles. The van der Waals surface area contributed by atoms with Gasteiger partial charge < -0.3 is 15.4 Å². The number of carbonyl (C=O) groups is 1. The standard InChI is InChI=1S/C17H20N2O2/c1-18-17(20)15-6-8-16(9-7-15)19-11-13-4-3-5-14(10-13)12-21-2/h3-10,19H,11-12H2,1-2H3,(H,18,20). The van der Waals surface area contributed by atoms with Crippen molar-refractivity contribution in [1.82, 2.24) is 5.32 Å². The second kappa shape index (κ2) is 7.45. The van der Waals surface area contributed by atoms with E-state index in [9.17, 15) is 4.79 Å². The van der Waals surface area contributed by atoms with Crippen molar-refractivity contribution >= 4 is 11.6 Å². The topological polar surface area (TPSA) is 50.4 Å². The van der Waals surface area contributed by atoms with Crippen molar-refractivity contribution in [2.45, 2.75) is 13.2 Å². The number of methoxy groups -OCH3 is 1. The van der Waals surface area contributed by atoms with E-state index in [2.05, 4.69) is 22.8 Å². The smallest absolute Gasteiger partial charge is 0.251 e. The van der Waals surface area contributed by atoms with Crippen LogP contribution in [0.1, 0.15) is 21.5 Å². The molecule has 110 valence electrons. The van der Waals surface area contributed by atoms with Crippen LogP contribution >= 0.6 is 0 Å². The third-order valence-corrected chi connectivity index (χ3v) is 3.17. The van der Waals surface area contributed by atoms with E-state index in [-0.39, 0.29) is 5.91 Å². The molecule has 0 saturated carbocycles. The Kier molecular flexibility index (Phi) is 5.35. The minimum atomic E-state index is -0.0752. The normalized spacial score (nSPS) is 10.2. The van der Waals surface area contributed by atoms with E-state index >= 15 is 0 Å². The van der Waals surface area contributed by atoms with E-state index in [0.717, 1.165) is 17.8 Å². The van der Waals surface area contributed by atoms with Crippen LogP contribution in [0.15, 0.2) is 48.5 Å². The monoisotopic (exact) mass is 284 g/mol. The lowest BCUT2D eigenvalue weighted by atomic mass is 10.1. The highest BCUT2D eigenvalue weighted by Gasteiger charge is 2.02. The molecule has 0 aliphatic heterocycles. The fraction of sp³-hybridized carbons (Fsp3) is 0.235. The maximum atomic E-state index is 11.5. The molecule has 4 nitrogen and oxygen atoms in total. The van der Waals surface area contributed by atoms with Gasteiger partial charge in [0.2, 0.25) is 0 Å². The first-order valence-corrected chi connectivity index (χ1v) is 6.85. The number of nitrogens with one attached hydrogen (secondary N) is 2. The van der Waals surface area contributed by atoms with Crippen LogP contribution < -0.4 is 10.6 Å². The minimum absolute atomic E-state index is 0.0752. The third kappa shape index (κ3) is 4.33. The van der Waals surface area contributed by atoms with E-state index in [0.29, 0.717) is 12.2 Å². The Morgan fingerprint density at radius 3 is 2.48 bits per heavy atom. The molecule has 0 atom stereocenters. The summed E-state index contributed by atoms with van der Waals surface area (Å²) in [4.78, 5) is 11.5. The Bertz CT molecular complexity index is 594. The van der Waals surface area contributed by atoms with Crippen molar-refractivity contribution < 1.29 is 9.53 Å². The second-order valence-corrected chi connectivity index (χ2v) is 4.76. The molecule has 4 heteroatoms. The number of amides is 1. The number of hydrogen-bond donors (Lipinski definition) is 2. The van der Waals surface area contributed by atoms with Crippen LogP contribution in [-0.4, -0.2) is 20.1 Å². The maximum absolute atomic E-state index is 11.5. The van der Waals surface area contributed by atoms with Crippen molar-refractivity contribution in [2.24, 2.45) is 0 Å². The number of rotatable bonds is 6. The summed E-state index contributed by atoms with van der Waals surface area (Å²) in [6.07, 6.45) is 0. The van der Waals surface area contributed by atoms with E-state index < -0.39 is 0 Å². The molecule has 2 aromatic rings. The first-order chi connectivity index (χ1) is 10.2. The summed E-state index contributed by atoms with van der Waals surface area (Å²) in [6.45, 7) is 1.35. The lowest BCUT2D eigenvalue weighted by Gasteiger charge is -2.09. The van der Waals surface area contributed by atoms with Gasteiger partial charge in [0.25, 0.3) is 5.91 Å². The summed E-state index contributed by atoms with van der Waals surface area (Å²) in [5.74, 6) is -0.0752. The molecule has 0 spiro atoms. The molecule has 2 N–H and O–H groups in total. The van der Waals surface area contributed by atoms with Gasteiger partial charge in [-0.15, -0.1) is 0 Å².